The van der Waals surface area contributed by atoms with Crippen molar-refractivity contribution < 1.29 is 58.4 Å². The molecule has 35 heavy (non-hydrogen) atoms. The quantitative estimate of drug-likeness (QED) is 0.207. The predicted molar refractivity (Wildman–Crippen MR) is 109 cm³/mol. The molecule has 1 saturated heterocycles. The van der Waals surface area contributed by atoms with Crippen LogP contribution in [0.1, 0.15) is 52.4 Å². The Bertz CT molecular complexity index is 894. The van der Waals surface area contributed by atoms with Crippen molar-refractivity contribution in [3.05, 3.63) is 12.2 Å². The van der Waals surface area contributed by atoms with Crippen LogP contribution >= 0.6 is 0 Å². The number of rotatable bonds is 9. The van der Waals surface area contributed by atoms with Gasteiger partial charge in [0.25, 0.3) is 0 Å². The maximum atomic E-state index is 14.5. The molecule has 1 aliphatic heterocycles. The summed E-state index contributed by atoms with van der Waals surface area (Å²) in [5, 5.41) is -3.48. The van der Waals surface area contributed by atoms with Gasteiger partial charge in [-0.25, -0.2) is 4.79 Å². The molecule has 9 nitrogen and oxygen atoms in total. The fourth-order valence-corrected chi connectivity index (χ4v) is 4.40. The van der Waals surface area contributed by atoms with Crippen LogP contribution in [0.2, 0.25) is 0 Å². The number of carbonyl (C=O) groups is 2. The number of hydrogen-bond acceptors (Lipinski definition) is 8. The Hall–Kier alpha value is -1.84. The summed E-state index contributed by atoms with van der Waals surface area (Å²) in [4.78, 5) is 23.6. The first-order chi connectivity index (χ1) is 16.0. The van der Waals surface area contributed by atoms with E-state index in [-0.39, 0.29) is 44.5 Å². The zero-order valence-electron chi connectivity index (χ0n) is 19.2. The SMILES string of the molecule is C=C(C)C(=O)OC1CCC(NC(=O)C(F)(F)S(=O)(=O)OC(CC2(C)OCCCO2)C(F)(F)F)CC1. The third-order valence-electron chi connectivity index (χ3n) is 5.48. The highest BCUT2D eigenvalue weighted by atomic mass is 32.2. The van der Waals surface area contributed by atoms with Gasteiger partial charge in [-0.2, -0.15) is 30.4 Å². The minimum Gasteiger partial charge on any atom is -0.459 e. The summed E-state index contributed by atoms with van der Waals surface area (Å²) in [6.07, 6.45) is -9.54. The zero-order chi connectivity index (χ0) is 26.7. The normalized spacial score (nSPS) is 24.3. The summed E-state index contributed by atoms with van der Waals surface area (Å²) in [5.41, 5.74) is 0.165. The van der Waals surface area contributed by atoms with Crippen LogP contribution in [0.4, 0.5) is 22.0 Å². The number of nitrogens with one attached hydrogen (secondary N) is 1. The summed E-state index contributed by atoms with van der Waals surface area (Å²) in [6.45, 7) is 5.99. The van der Waals surface area contributed by atoms with E-state index in [0.29, 0.717) is 6.42 Å². The summed E-state index contributed by atoms with van der Waals surface area (Å²) in [5.74, 6) is -4.88. The average molecular weight is 538 g/mol. The van der Waals surface area contributed by atoms with Gasteiger partial charge in [-0.05, 0) is 46.0 Å². The fourth-order valence-electron chi connectivity index (χ4n) is 3.51. The van der Waals surface area contributed by atoms with E-state index in [1.165, 1.54) is 6.92 Å². The van der Waals surface area contributed by atoms with Crippen molar-refractivity contribution in [3.63, 3.8) is 0 Å². The second-order valence-corrected chi connectivity index (χ2v) is 10.2. The van der Waals surface area contributed by atoms with Crippen LogP contribution in [0.5, 0.6) is 0 Å². The van der Waals surface area contributed by atoms with Crippen LogP contribution in [-0.4, -0.2) is 69.0 Å². The molecule has 0 aromatic rings. The molecule has 2 fully saturated rings. The third-order valence-corrected chi connectivity index (χ3v) is 6.78. The van der Waals surface area contributed by atoms with Crippen molar-refractivity contribution in [1.82, 2.24) is 5.32 Å². The Balaban J connectivity index is 2.02. The molecule has 1 N–H and O–H groups in total. The Morgan fingerprint density at radius 3 is 2.14 bits per heavy atom. The molecule has 2 rings (SSSR count). The Labute approximate surface area is 199 Å². The summed E-state index contributed by atoms with van der Waals surface area (Å²) < 4.78 is 113. The standard InChI is InChI=1S/C20H28F5NO8S/c1-12(2)16(27)33-14-7-5-13(6-8-14)26-17(28)20(24,25)35(29,30)34-15(19(21,22)23)11-18(3)31-9-4-10-32-18/h13-15H,1,4-11H2,2-3H3,(H,26,28). The van der Waals surface area contributed by atoms with Crippen LogP contribution in [0, 0.1) is 0 Å². The minimum absolute atomic E-state index is 0.0149. The number of ether oxygens (including phenoxy) is 3. The van der Waals surface area contributed by atoms with Crippen LogP contribution in [0.15, 0.2) is 12.2 Å². The van der Waals surface area contributed by atoms with Crippen LogP contribution in [0.25, 0.3) is 0 Å². The summed E-state index contributed by atoms with van der Waals surface area (Å²) >= 11 is 0. The summed E-state index contributed by atoms with van der Waals surface area (Å²) in [6, 6.07) is -0.912. The maximum Gasteiger partial charge on any atom is 0.446 e. The van der Waals surface area contributed by atoms with Gasteiger partial charge in [0.05, 0.1) is 13.2 Å². The van der Waals surface area contributed by atoms with E-state index in [9.17, 15) is 40.0 Å². The first kappa shape index (κ1) is 29.4. The smallest absolute Gasteiger partial charge is 0.446 e. The lowest BCUT2D eigenvalue weighted by atomic mass is 9.93. The van der Waals surface area contributed by atoms with Gasteiger partial charge >= 0.3 is 33.4 Å². The molecule has 1 heterocycles. The number of esters is 1. The Morgan fingerprint density at radius 1 is 1.11 bits per heavy atom. The van der Waals surface area contributed by atoms with Gasteiger partial charge in [0, 0.05) is 18.0 Å². The number of amides is 1. The number of halogens is 5. The number of hydrogen-bond donors (Lipinski definition) is 1. The minimum atomic E-state index is -6.36. The highest BCUT2D eigenvalue weighted by Crippen LogP contribution is 2.37. The third kappa shape index (κ3) is 7.82. The van der Waals surface area contributed by atoms with E-state index in [4.69, 9.17) is 14.2 Å². The lowest BCUT2D eigenvalue weighted by molar-refractivity contribution is -0.288. The van der Waals surface area contributed by atoms with Crippen molar-refractivity contribution in [2.75, 3.05) is 13.2 Å². The topological polar surface area (TPSA) is 117 Å². The van der Waals surface area contributed by atoms with E-state index < -0.39 is 63.9 Å². The fraction of sp³-hybridized carbons (Fsp3) is 0.800. The molecule has 0 bridgehead atoms. The highest BCUT2D eigenvalue weighted by Gasteiger charge is 2.59. The van der Waals surface area contributed by atoms with E-state index in [0.717, 1.165) is 6.92 Å². The molecule has 1 saturated carbocycles. The van der Waals surface area contributed by atoms with Gasteiger partial charge in [0.2, 0.25) is 0 Å². The number of alkyl halides is 5. The van der Waals surface area contributed by atoms with Gasteiger partial charge in [0.1, 0.15) is 6.10 Å². The second kappa shape index (κ2) is 11.0. The van der Waals surface area contributed by atoms with Gasteiger partial charge in [-0.1, -0.05) is 6.58 Å². The van der Waals surface area contributed by atoms with Gasteiger partial charge < -0.3 is 19.5 Å². The van der Waals surface area contributed by atoms with E-state index >= 15 is 0 Å². The van der Waals surface area contributed by atoms with Crippen LogP contribution < -0.4 is 5.32 Å². The molecule has 2 aliphatic rings. The molecule has 0 aromatic heterocycles. The van der Waals surface area contributed by atoms with Gasteiger partial charge in [-0.15, -0.1) is 0 Å². The molecule has 1 amide bonds. The molecule has 0 spiro atoms. The first-order valence-corrected chi connectivity index (χ1v) is 12.2. The first-order valence-electron chi connectivity index (χ1n) is 10.8. The Morgan fingerprint density at radius 2 is 1.66 bits per heavy atom. The van der Waals surface area contributed by atoms with Gasteiger partial charge in [0.15, 0.2) is 11.9 Å². The molecule has 0 aromatic carbocycles. The van der Waals surface area contributed by atoms with Crippen LogP contribution in [-0.2, 0) is 38.1 Å². The van der Waals surface area contributed by atoms with E-state index in [2.05, 4.69) is 10.8 Å². The zero-order valence-corrected chi connectivity index (χ0v) is 20.0. The van der Waals surface area contributed by atoms with Crippen molar-refractivity contribution in [3.8, 4) is 0 Å². The molecular weight excluding hydrogens is 509 g/mol. The van der Waals surface area contributed by atoms with Crippen molar-refractivity contribution in [2.45, 2.75) is 87.8 Å². The monoisotopic (exact) mass is 537 g/mol. The molecule has 1 aliphatic carbocycles. The van der Waals surface area contributed by atoms with E-state index in [1.807, 2.05) is 5.32 Å². The lowest BCUT2D eigenvalue weighted by Crippen LogP contribution is -2.53. The van der Waals surface area contributed by atoms with E-state index in [1.54, 1.807) is 0 Å². The molecular formula is C20H28F5NO8S. The van der Waals surface area contributed by atoms with Crippen molar-refractivity contribution >= 4 is 22.0 Å². The molecule has 15 heteroatoms. The number of carbonyl (C=O) groups excluding carboxylic acids is 2. The highest BCUT2D eigenvalue weighted by molar-refractivity contribution is 7.88. The maximum absolute atomic E-state index is 14.5. The second-order valence-electron chi connectivity index (χ2n) is 8.62. The average Bonchev–Trinajstić information content (AvgIpc) is 2.74. The van der Waals surface area contributed by atoms with Gasteiger partial charge in [-0.3, -0.25) is 8.98 Å². The molecule has 1 unspecified atom stereocenters. The summed E-state index contributed by atoms with van der Waals surface area (Å²) in [7, 11) is -6.36. The largest absolute Gasteiger partial charge is 0.459 e. The Kier molecular flexibility index (Phi) is 9.28. The molecule has 202 valence electrons. The molecule has 0 radical (unpaired) electrons. The van der Waals surface area contributed by atoms with Crippen LogP contribution in [0.3, 0.4) is 0 Å². The van der Waals surface area contributed by atoms with Crippen molar-refractivity contribution in [2.24, 2.45) is 0 Å². The lowest BCUT2D eigenvalue weighted by Gasteiger charge is -2.36. The predicted octanol–water partition coefficient (Wildman–Crippen LogP) is 2.95. The molecule has 1 atom stereocenters. The van der Waals surface area contributed by atoms with Crippen molar-refractivity contribution in [1.29, 1.82) is 0 Å².